The molecule has 0 aliphatic rings. The molecule has 2 aromatic heterocycles. The predicted octanol–water partition coefficient (Wildman–Crippen LogP) is 4.91. The molecule has 0 atom stereocenters. The molecule has 37 heavy (non-hydrogen) atoms. The van der Waals surface area contributed by atoms with Crippen LogP contribution in [0.3, 0.4) is 0 Å². The van der Waals surface area contributed by atoms with Crippen molar-refractivity contribution in [2.45, 2.75) is 19.8 Å². The van der Waals surface area contributed by atoms with Crippen molar-refractivity contribution >= 4 is 57.6 Å². The molecule has 3 N–H and O–H groups in total. The number of aryl methyl sites for hydroxylation is 1. The van der Waals surface area contributed by atoms with Crippen LogP contribution in [0.1, 0.15) is 24.0 Å². The van der Waals surface area contributed by atoms with E-state index >= 15 is 0 Å². The molecule has 0 saturated heterocycles. The fraction of sp³-hybridized carbons (Fsp3) is 0.280. The Kier molecular flexibility index (Phi) is 8.39. The first kappa shape index (κ1) is 26.9. The first-order chi connectivity index (χ1) is 17.7. The molecule has 0 fully saturated rings. The molecular weight excluding hydrogens is 537 g/mol. The van der Waals surface area contributed by atoms with Crippen LogP contribution in [0.4, 0.5) is 10.5 Å². The summed E-state index contributed by atoms with van der Waals surface area (Å²) in [5.74, 6) is 0.449. The van der Waals surface area contributed by atoms with Gasteiger partial charge in [-0.1, -0.05) is 53.9 Å². The molecule has 12 heteroatoms. The number of aromatic amines is 1. The van der Waals surface area contributed by atoms with Crippen LogP contribution in [-0.4, -0.2) is 57.9 Å². The highest BCUT2D eigenvalue weighted by molar-refractivity contribution is 6.40. The number of hydrogen-bond donors (Lipinski definition) is 3. The number of likely N-dealkylation sites (N-methyl/N-ethyl adjacent to an activating group) is 1. The Morgan fingerprint density at radius 2 is 1.78 bits per heavy atom. The quantitative estimate of drug-likeness (QED) is 0.283. The van der Waals surface area contributed by atoms with Gasteiger partial charge in [-0.05, 0) is 50.3 Å². The van der Waals surface area contributed by atoms with Gasteiger partial charge in [0.2, 0.25) is 0 Å². The van der Waals surface area contributed by atoms with Crippen LogP contribution in [0.2, 0.25) is 15.1 Å². The van der Waals surface area contributed by atoms with E-state index in [9.17, 15) is 9.59 Å². The minimum absolute atomic E-state index is 0.273. The van der Waals surface area contributed by atoms with Crippen LogP contribution in [0, 0.1) is 0 Å². The van der Waals surface area contributed by atoms with Gasteiger partial charge in [-0.15, -0.1) is 0 Å². The molecular formula is C25H26Cl3N7O2. The molecule has 0 aliphatic carbocycles. The number of urea groups is 1. The number of nitrogens with one attached hydrogen (secondary N) is 3. The molecule has 194 valence electrons. The Morgan fingerprint density at radius 1 is 1.11 bits per heavy atom. The number of carbonyl (C=O) groups excluding carboxylic acids is 1. The average Bonchev–Trinajstić information content (AvgIpc) is 3.18. The van der Waals surface area contributed by atoms with Gasteiger partial charge in [0.1, 0.15) is 16.9 Å². The van der Waals surface area contributed by atoms with Crippen molar-refractivity contribution < 1.29 is 4.79 Å². The fourth-order valence-electron chi connectivity index (χ4n) is 3.83. The lowest BCUT2D eigenvalue weighted by molar-refractivity contribution is 0.250. The van der Waals surface area contributed by atoms with Crippen molar-refractivity contribution in [3.05, 3.63) is 78.9 Å². The van der Waals surface area contributed by atoms with Gasteiger partial charge in [0.05, 0.1) is 15.7 Å². The van der Waals surface area contributed by atoms with E-state index in [4.69, 9.17) is 39.8 Å². The molecule has 0 radical (unpaired) electrons. The Balaban J connectivity index is 1.60. The fourth-order valence-corrected chi connectivity index (χ4v) is 4.81. The number of aromatic nitrogens is 4. The third-order valence-electron chi connectivity index (χ3n) is 5.62. The van der Waals surface area contributed by atoms with Crippen molar-refractivity contribution in [1.29, 1.82) is 0 Å². The zero-order valence-electron chi connectivity index (χ0n) is 20.5. The summed E-state index contributed by atoms with van der Waals surface area (Å²) in [7, 11) is 3.88. The molecule has 0 unspecified atom stereocenters. The number of hydrogen-bond acceptors (Lipinski definition) is 5. The topological polar surface area (TPSA) is 108 Å². The SMILES string of the molecule is CCc1nn(-c2c(Cl)cc(Cl)cc2Cl)c2nc(Cc3ccc(NC(=O)NCCN(C)C)cc3)[nH]c(=O)c12. The Bertz CT molecular complexity index is 1470. The number of benzene rings is 2. The van der Waals surface area contributed by atoms with Crippen LogP contribution in [-0.2, 0) is 12.8 Å². The molecule has 0 saturated carbocycles. The second kappa shape index (κ2) is 11.5. The summed E-state index contributed by atoms with van der Waals surface area (Å²) in [6.45, 7) is 3.20. The molecule has 2 aromatic carbocycles. The highest BCUT2D eigenvalue weighted by Gasteiger charge is 2.21. The van der Waals surface area contributed by atoms with Crippen molar-refractivity contribution in [2.24, 2.45) is 0 Å². The highest BCUT2D eigenvalue weighted by Crippen LogP contribution is 2.33. The Morgan fingerprint density at radius 3 is 2.41 bits per heavy atom. The second-order valence-electron chi connectivity index (χ2n) is 8.70. The molecule has 2 heterocycles. The van der Waals surface area contributed by atoms with Gasteiger partial charge in [0.15, 0.2) is 5.65 Å². The number of rotatable bonds is 8. The van der Waals surface area contributed by atoms with Crippen molar-refractivity contribution in [3.63, 3.8) is 0 Å². The summed E-state index contributed by atoms with van der Waals surface area (Å²) in [5.41, 5.74) is 2.59. The normalized spacial score (nSPS) is 11.3. The molecule has 0 bridgehead atoms. The number of amides is 2. The highest BCUT2D eigenvalue weighted by atomic mass is 35.5. The van der Waals surface area contributed by atoms with Gasteiger partial charge in [0, 0.05) is 30.2 Å². The van der Waals surface area contributed by atoms with Crippen LogP contribution >= 0.6 is 34.8 Å². The lowest BCUT2D eigenvalue weighted by Gasteiger charge is -2.11. The van der Waals surface area contributed by atoms with Crippen LogP contribution in [0.5, 0.6) is 0 Å². The van der Waals surface area contributed by atoms with E-state index < -0.39 is 0 Å². The minimum atomic E-state index is -0.294. The largest absolute Gasteiger partial charge is 0.337 e. The summed E-state index contributed by atoms with van der Waals surface area (Å²) in [5, 5.41) is 11.5. The van der Waals surface area contributed by atoms with Crippen LogP contribution in [0.15, 0.2) is 41.2 Å². The van der Waals surface area contributed by atoms with Crippen molar-refractivity contribution in [3.8, 4) is 5.69 Å². The van der Waals surface area contributed by atoms with E-state index in [0.29, 0.717) is 68.4 Å². The van der Waals surface area contributed by atoms with Crippen molar-refractivity contribution in [2.75, 3.05) is 32.5 Å². The molecule has 2 amide bonds. The van der Waals surface area contributed by atoms with Gasteiger partial charge in [-0.2, -0.15) is 5.10 Å². The molecule has 0 spiro atoms. The maximum atomic E-state index is 13.0. The predicted molar refractivity (Wildman–Crippen MR) is 149 cm³/mol. The number of nitrogens with zero attached hydrogens (tertiary/aromatic N) is 4. The third kappa shape index (κ3) is 6.24. The van der Waals surface area contributed by atoms with Crippen LogP contribution in [0.25, 0.3) is 16.7 Å². The average molecular weight is 563 g/mol. The van der Waals surface area contributed by atoms with E-state index in [2.05, 4.69) is 20.7 Å². The standard InChI is InChI=1S/C25H26Cl3N7O2/c1-4-19-21-23(35(33-19)22-17(27)12-15(26)13-18(22)28)31-20(32-24(21)36)11-14-5-7-16(8-6-14)30-25(37)29-9-10-34(2)3/h5-8,12-13H,4,9-11H2,1-3H3,(H2,29,30,37)(H,31,32,36). The smallest absolute Gasteiger partial charge is 0.319 e. The summed E-state index contributed by atoms with van der Waals surface area (Å²) in [6.07, 6.45) is 0.878. The lowest BCUT2D eigenvalue weighted by atomic mass is 10.1. The molecule has 9 nitrogen and oxygen atoms in total. The first-order valence-electron chi connectivity index (χ1n) is 11.6. The van der Waals surface area contributed by atoms with E-state index in [0.717, 1.165) is 12.1 Å². The first-order valence-corrected chi connectivity index (χ1v) is 12.7. The monoisotopic (exact) mass is 561 g/mol. The van der Waals surface area contributed by atoms with Crippen molar-refractivity contribution in [1.82, 2.24) is 30.0 Å². The van der Waals surface area contributed by atoms with Gasteiger partial charge >= 0.3 is 6.03 Å². The van der Waals surface area contributed by atoms with E-state index in [1.54, 1.807) is 24.3 Å². The number of fused-ring (bicyclic) bond motifs is 1. The molecule has 0 aliphatic heterocycles. The molecule has 4 rings (SSSR count). The maximum absolute atomic E-state index is 13.0. The third-order valence-corrected chi connectivity index (χ3v) is 6.41. The van der Waals surface area contributed by atoms with Gasteiger partial charge in [-0.3, -0.25) is 4.79 Å². The zero-order chi connectivity index (χ0) is 26.7. The summed E-state index contributed by atoms with van der Waals surface area (Å²) in [6, 6.07) is 10.2. The van der Waals surface area contributed by atoms with Gasteiger partial charge < -0.3 is 20.5 Å². The minimum Gasteiger partial charge on any atom is -0.337 e. The number of anilines is 1. The van der Waals surface area contributed by atoms with E-state index in [1.807, 2.05) is 38.1 Å². The number of carbonyl (C=O) groups is 1. The van der Waals surface area contributed by atoms with E-state index in [1.165, 1.54) is 4.68 Å². The number of halogens is 3. The van der Waals surface area contributed by atoms with Crippen LogP contribution < -0.4 is 16.2 Å². The Hall–Kier alpha value is -3.11. The van der Waals surface area contributed by atoms with Gasteiger partial charge in [0.25, 0.3) is 5.56 Å². The zero-order valence-corrected chi connectivity index (χ0v) is 22.8. The molecule has 4 aromatic rings. The lowest BCUT2D eigenvalue weighted by Crippen LogP contribution is -2.34. The van der Waals surface area contributed by atoms with E-state index in [-0.39, 0.29) is 11.6 Å². The Labute approximate surface area is 228 Å². The number of H-pyrrole nitrogens is 1. The summed E-state index contributed by atoms with van der Waals surface area (Å²) >= 11 is 19.0. The second-order valence-corrected chi connectivity index (χ2v) is 9.95. The van der Waals surface area contributed by atoms with Gasteiger partial charge in [-0.25, -0.2) is 14.5 Å². The summed E-state index contributed by atoms with van der Waals surface area (Å²) < 4.78 is 1.50. The maximum Gasteiger partial charge on any atom is 0.319 e. The summed E-state index contributed by atoms with van der Waals surface area (Å²) in [4.78, 5) is 34.7.